The van der Waals surface area contributed by atoms with Crippen LogP contribution in [0.5, 0.6) is 0 Å². The topological polar surface area (TPSA) is 46.9 Å². The average molecular weight is 434 g/mol. The van der Waals surface area contributed by atoms with Crippen LogP contribution < -0.4 is 5.32 Å². The highest BCUT2D eigenvalue weighted by molar-refractivity contribution is 7.99. The number of aryl methyl sites for hydroxylation is 2. The minimum atomic E-state index is -0.211. The number of hydrogen-bond donors (Lipinski definition) is 1. The molecule has 0 atom stereocenters. The highest BCUT2D eigenvalue weighted by atomic mass is 35.5. The summed E-state index contributed by atoms with van der Waals surface area (Å²) in [6, 6.07) is 15.8. The minimum Gasteiger partial charge on any atom is -0.351 e. The summed E-state index contributed by atoms with van der Waals surface area (Å²) in [5, 5.41) is 8.30. The molecule has 2 aromatic carbocycles. The molecule has 0 aliphatic carbocycles. The predicted octanol–water partition coefficient (Wildman–Crippen LogP) is 5.38. The van der Waals surface area contributed by atoms with Crippen molar-refractivity contribution in [1.29, 1.82) is 0 Å². The number of carbonyl (C=O) groups excluding carboxylic acids is 1. The van der Waals surface area contributed by atoms with Crippen molar-refractivity contribution >= 4 is 40.9 Å². The number of halogens is 2. The van der Waals surface area contributed by atoms with Crippen molar-refractivity contribution in [3.63, 3.8) is 0 Å². The van der Waals surface area contributed by atoms with Gasteiger partial charge in [0.1, 0.15) is 5.15 Å². The first-order chi connectivity index (χ1) is 13.5. The first-order valence-corrected chi connectivity index (χ1v) is 10.6. The molecule has 1 aromatic heterocycles. The van der Waals surface area contributed by atoms with Crippen LogP contribution in [0.15, 0.2) is 53.4 Å². The maximum absolute atomic E-state index is 12.6. The Balaban J connectivity index is 1.60. The Labute approximate surface area is 179 Å². The van der Waals surface area contributed by atoms with Gasteiger partial charge in [0.15, 0.2) is 0 Å². The second-order valence-corrected chi connectivity index (χ2v) is 8.35. The average Bonchev–Trinajstić information content (AvgIpc) is 2.95. The van der Waals surface area contributed by atoms with Crippen molar-refractivity contribution in [1.82, 2.24) is 15.1 Å². The number of aromatic nitrogens is 2. The summed E-state index contributed by atoms with van der Waals surface area (Å²) >= 11 is 14.4. The number of amides is 1. The van der Waals surface area contributed by atoms with E-state index in [1.807, 2.05) is 24.3 Å². The summed E-state index contributed by atoms with van der Waals surface area (Å²) in [5.41, 5.74) is 3.14. The molecule has 3 rings (SSSR count). The van der Waals surface area contributed by atoms with Gasteiger partial charge in [0.25, 0.3) is 5.91 Å². The summed E-state index contributed by atoms with van der Waals surface area (Å²) in [5.74, 6) is 0.566. The monoisotopic (exact) mass is 433 g/mol. The highest BCUT2D eigenvalue weighted by Gasteiger charge is 2.20. The van der Waals surface area contributed by atoms with Gasteiger partial charge in [-0.3, -0.25) is 4.79 Å². The van der Waals surface area contributed by atoms with Crippen molar-refractivity contribution in [3.8, 4) is 0 Å². The van der Waals surface area contributed by atoms with Crippen molar-refractivity contribution < 1.29 is 4.79 Å². The second kappa shape index (κ2) is 9.50. The lowest BCUT2D eigenvalue weighted by molar-refractivity contribution is 0.0955. The van der Waals surface area contributed by atoms with E-state index in [1.54, 1.807) is 23.4 Å². The molecule has 0 unspecified atom stereocenters. The molecule has 0 aliphatic rings. The Bertz CT molecular complexity index is 970. The Morgan fingerprint density at radius 3 is 2.54 bits per heavy atom. The molecule has 0 bridgehead atoms. The third-order valence-electron chi connectivity index (χ3n) is 4.25. The van der Waals surface area contributed by atoms with Gasteiger partial charge in [0.05, 0.1) is 17.8 Å². The van der Waals surface area contributed by atoms with Gasteiger partial charge < -0.3 is 5.32 Å². The minimum absolute atomic E-state index is 0.211. The molecule has 1 heterocycles. The molecule has 7 heteroatoms. The lowest BCUT2D eigenvalue weighted by atomic mass is 10.2. The molecule has 0 spiro atoms. The second-order valence-electron chi connectivity index (χ2n) is 6.42. The number of hydrogen-bond acceptors (Lipinski definition) is 3. The molecule has 28 heavy (non-hydrogen) atoms. The molecule has 0 aliphatic heterocycles. The van der Waals surface area contributed by atoms with Crippen LogP contribution in [0.3, 0.4) is 0 Å². The first-order valence-electron chi connectivity index (χ1n) is 8.89. The first kappa shape index (κ1) is 20.8. The van der Waals surface area contributed by atoms with E-state index in [-0.39, 0.29) is 5.91 Å². The van der Waals surface area contributed by atoms with Crippen molar-refractivity contribution in [2.24, 2.45) is 0 Å². The number of thioether (sulfide) groups is 1. The van der Waals surface area contributed by atoms with Crippen molar-refractivity contribution in [2.75, 3.05) is 12.3 Å². The number of benzene rings is 2. The fraction of sp³-hybridized carbons (Fsp3) is 0.238. The molecule has 0 saturated heterocycles. The van der Waals surface area contributed by atoms with Crippen LogP contribution in [-0.2, 0) is 6.54 Å². The summed E-state index contributed by atoms with van der Waals surface area (Å²) in [6.45, 7) is 4.80. The smallest absolute Gasteiger partial charge is 0.256 e. The third-order valence-corrected chi connectivity index (χ3v) is 6.01. The molecular formula is C21H21Cl2N3OS. The highest BCUT2D eigenvalue weighted by Crippen LogP contribution is 2.23. The zero-order chi connectivity index (χ0) is 20.1. The standard InChI is InChI=1S/C21H21Cl2N3OS/c1-14-7-9-17(10-8-14)28-12-11-24-21(27)19-15(2)25-26(20(19)23)13-16-5-3-4-6-18(16)22/h3-10H,11-13H2,1-2H3,(H,24,27). The van der Waals surface area contributed by atoms with Crippen molar-refractivity contribution in [3.05, 3.63) is 81.1 Å². The summed E-state index contributed by atoms with van der Waals surface area (Å²) in [7, 11) is 0. The molecule has 146 valence electrons. The summed E-state index contributed by atoms with van der Waals surface area (Å²) in [4.78, 5) is 13.8. The zero-order valence-electron chi connectivity index (χ0n) is 15.7. The van der Waals surface area contributed by atoms with Crippen molar-refractivity contribution in [2.45, 2.75) is 25.3 Å². The molecule has 4 nitrogen and oxygen atoms in total. The number of nitrogens with zero attached hydrogens (tertiary/aromatic N) is 2. The Morgan fingerprint density at radius 1 is 1.11 bits per heavy atom. The van der Waals surface area contributed by atoms with E-state index in [2.05, 4.69) is 41.6 Å². The molecule has 0 saturated carbocycles. The van der Waals surface area contributed by atoms with Crippen LogP contribution >= 0.6 is 35.0 Å². The van der Waals surface area contributed by atoms with Crippen LogP contribution in [0.25, 0.3) is 0 Å². The Hall–Kier alpha value is -1.95. The van der Waals surface area contributed by atoms with Gasteiger partial charge >= 0.3 is 0 Å². The quantitative estimate of drug-likeness (QED) is 0.401. The molecule has 0 radical (unpaired) electrons. The van der Waals surface area contributed by atoms with Crippen LogP contribution in [-0.4, -0.2) is 28.0 Å². The van der Waals surface area contributed by atoms with Gasteiger partial charge in [-0.2, -0.15) is 5.10 Å². The zero-order valence-corrected chi connectivity index (χ0v) is 18.0. The molecule has 3 aromatic rings. The predicted molar refractivity (Wildman–Crippen MR) is 117 cm³/mol. The van der Waals surface area contributed by atoms with E-state index in [0.29, 0.717) is 34.5 Å². The molecule has 1 amide bonds. The van der Waals surface area contributed by atoms with Gasteiger partial charge in [0.2, 0.25) is 0 Å². The number of carbonyl (C=O) groups is 1. The van der Waals surface area contributed by atoms with Crippen LogP contribution in [0.2, 0.25) is 10.2 Å². The molecule has 1 N–H and O–H groups in total. The lowest BCUT2D eigenvalue weighted by Gasteiger charge is -2.07. The van der Waals surface area contributed by atoms with Crippen LogP contribution in [0.4, 0.5) is 0 Å². The molecule has 0 fully saturated rings. The number of rotatable bonds is 7. The summed E-state index contributed by atoms with van der Waals surface area (Å²) < 4.78 is 1.61. The largest absolute Gasteiger partial charge is 0.351 e. The molecular weight excluding hydrogens is 413 g/mol. The van der Waals surface area contributed by atoms with Gasteiger partial charge in [0, 0.05) is 22.2 Å². The van der Waals surface area contributed by atoms with Gasteiger partial charge in [-0.05, 0) is 37.6 Å². The Morgan fingerprint density at radius 2 is 1.82 bits per heavy atom. The van der Waals surface area contributed by atoms with E-state index in [9.17, 15) is 4.79 Å². The van der Waals surface area contributed by atoms with Gasteiger partial charge in [-0.15, -0.1) is 11.8 Å². The van der Waals surface area contributed by atoms with Gasteiger partial charge in [-0.1, -0.05) is 59.1 Å². The fourth-order valence-electron chi connectivity index (χ4n) is 2.76. The normalized spacial score (nSPS) is 10.9. The maximum Gasteiger partial charge on any atom is 0.256 e. The van der Waals surface area contributed by atoms with Gasteiger partial charge in [-0.25, -0.2) is 4.68 Å². The van der Waals surface area contributed by atoms with E-state index in [0.717, 1.165) is 11.3 Å². The van der Waals surface area contributed by atoms with E-state index >= 15 is 0 Å². The Kier molecular flexibility index (Phi) is 7.05. The third kappa shape index (κ3) is 5.10. The van der Waals surface area contributed by atoms with Crippen LogP contribution in [0, 0.1) is 13.8 Å². The lowest BCUT2D eigenvalue weighted by Crippen LogP contribution is -2.26. The van der Waals surface area contributed by atoms with E-state index < -0.39 is 0 Å². The fourth-order valence-corrected chi connectivity index (χ4v) is 4.04. The van der Waals surface area contributed by atoms with E-state index in [1.165, 1.54) is 10.5 Å². The number of nitrogens with one attached hydrogen (secondary N) is 1. The van der Waals surface area contributed by atoms with E-state index in [4.69, 9.17) is 23.2 Å². The SMILES string of the molecule is Cc1ccc(SCCNC(=O)c2c(C)nn(Cc3ccccc3Cl)c2Cl)cc1. The van der Waals surface area contributed by atoms with Crippen LogP contribution in [0.1, 0.15) is 27.2 Å². The maximum atomic E-state index is 12.6. The summed E-state index contributed by atoms with van der Waals surface area (Å²) in [6.07, 6.45) is 0.